The molecule has 2 heteroatoms. The summed E-state index contributed by atoms with van der Waals surface area (Å²) in [5.41, 5.74) is 10.8. The molecule has 0 aliphatic rings. The summed E-state index contributed by atoms with van der Waals surface area (Å²) in [5, 5.41) is 7.68. The van der Waals surface area contributed by atoms with Crippen LogP contribution in [-0.4, -0.2) is 4.57 Å². The van der Waals surface area contributed by atoms with Crippen molar-refractivity contribution in [3.63, 3.8) is 0 Å². The van der Waals surface area contributed by atoms with Crippen molar-refractivity contribution in [1.82, 2.24) is 4.57 Å². The normalized spacial score (nSPS) is 11.5. The second-order valence-electron chi connectivity index (χ2n) is 12.3. The van der Waals surface area contributed by atoms with E-state index in [4.69, 9.17) is 0 Å². The number of hydrogen-bond donors (Lipinski definition) is 0. The summed E-state index contributed by atoms with van der Waals surface area (Å²) in [6, 6.07) is 63.7. The zero-order chi connectivity index (χ0) is 31.3. The summed E-state index contributed by atoms with van der Waals surface area (Å²) in [6.07, 6.45) is 0. The number of hydrogen-bond acceptors (Lipinski definition) is 1. The first-order chi connectivity index (χ1) is 23.2. The summed E-state index contributed by atoms with van der Waals surface area (Å²) in [5.74, 6) is 0. The molecule has 0 radical (unpaired) electrons. The Bertz CT molecular complexity index is 2560. The van der Waals surface area contributed by atoms with Crippen LogP contribution >= 0.6 is 0 Å². The Morgan fingerprint density at radius 1 is 0.383 bits per heavy atom. The average Bonchev–Trinajstić information content (AvgIpc) is 3.44. The SMILES string of the molecule is Cn1c2cccc(-c3ccc(-c4ccc(N(c5ccccc5)c5ccc6ccccc6c5)cc4)cc3)c2c2c3ccccc3ccc21. The first-order valence-electron chi connectivity index (χ1n) is 16.2. The molecule has 0 aliphatic heterocycles. The molecule has 0 atom stereocenters. The Morgan fingerprint density at radius 3 is 1.74 bits per heavy atom. The Balaban J connectivity index is 1.09. The summed E-state index contributed by atoms with van der Waals surface area (Å²) < 4.78 is 2.33. The summed E-state index contributed by atoms with van der Waals surface area (Å²) in [4.78, 5) is 2.33. The zero-order valence-electron chi connectivity index (χ0n) is 26.1. The van der Waals surface area contributed by atoms with Gasteiger partial charge in [0.15, 0.2) is 0 Å². The first kappa shape index (κ1) is 27.2. The molecule has 1 aromatic heterocycles. The van der Waals surface area contributed by atoms with Crippen LogP contribution in [-0.2, 0) is 7.05 Å². The molecule has 2 nitrogen and oxygen atoms in total. The largest absolute Gasteiger partial charge is 0.344 e. The van der Waals surface area contributed by atoms with Gasteiger partial charge in [0.1, 0.15) is 0 Å². The van der Waals surface area contributed by atoms with Gasteiger partial charge in [-0.2, -0.15) is 0 Å². The number of benzene rings is 8. The maximum absolute atomic E-state index is 2.33. The van der Waals surface area contributed by atoms with E-state index >= 15 is 0 Å². The van der Waals surface area contributed by atoms with Gasteiger partial charge >= 0.3 is 0 Å². The maximum atomic E-state index is 2.33. The fourth-order valence-corrected chi connectivity index (χ4v) is 7.24. The molecule has 1 heterocycles. The van der Waals surface area contributed by atoms with E-state index in [-0.39, 0.29) is 0 Å². The molecule has 8 aromatic carbocycles. The molecule has 0 aliphatic carbocycles. The average molecular weight is 601 g/mol. The molecule has 0 unspecified atom stereocenters. The molecule has 0 bridgehead atoms. The molecular formula is C45H32N2. The Morgan fingerprint density at radius 2 is 0.957 bits per heavy atom. The third kappa shape index (κ3) is 4.57. The van der Waals surface area contributed by atoms with Crippen molar-refractivity contribution in [2.75, 3.05) is 4.90 Å². The minimum absolute atomic E-state index is 1.13. The predicted molar refractivity (Wildman–Crippen MR) is 201 cm³/mol. The van der Waals surface area contributed by atoms with E-state index in [0.717, 1.165) is 17.1 Å². The molecule has 0 saturated carbocycles. The number of aromatic nitrogens is 1. The van der Waals surface area contributed by atoms with Gasteiger partial charge in [-0.25, -0.2) is 0 Å². The Labute approximate surface area is 274 Å². The molecule has 9 rings (SSSR count). The molecule has 47 heavy (non-hydrogen) atoms. The highest BCUT2D eigenvalue weighted by atomic mass is 15.1. The van der Waals surface area contributed by atoms with Crippen LogP contribution in [0.25, 0.3) is 65.6 Å². The van der Waals surface area contributed by atoms with Crippen LogP contribution < -0.4 is 4.90 Å². The predicted octanol–water partition coefficient (Wildman–Crippen LogP) is 12.4. The second kappa shape index (κ2) is 11.0. The molecule has 0 amide bonds. The lowest BCUT2D eigenvalue weighted by atomic mass is 9.95. The lowest BCUT2D eigenvalue weighted by Crippen LogP contribution is -2.09. The van der Waals surface area contributed by atoms with Gasteiger partial charge in [0, 0.05) is 45.9 Å². The van der Waals surface area contributed by atoms with Gasteiger partial charge in [0.05, 0.1) is 0 Å². The third-order valence-electron chi connectivity index (χ3n) is 9.58. The standard InChI is InChI=1S/C45H32N2/c1-46-42-17-9-16-41(44(42)45-40-15-8-7-11-34(40)25-29-43(45)46)35-20-18-32(19-21-35)33-22-26-38(27-23-33)47(37-13-3-2-4-14-37)39-28-24-31-10-5-6-12-36(31)30-39/h2-30H,1H3. The van der Waals surface area contributed by atoms with Crippen molar-refractivity contribution in [3.8, 4) is 22.3 Å². The number of rotatable bonds is 5. The smallest absolute Gasteiger partial charge is 0.0495 e. The van der Waals surface area contributed by atoms with E-state index in [0.29, 0.717) is 0 Å². The lowest BCUT2D eigenvalue weighted by Gasteiger charge is -2.26. The van der Waals surface area contributed by atoms with E-state index in [1.807, 2.05) is 0 Å². The van der Waals surface area contributed by atoms with Gasteiger partial charge in [-0.3, -0.25) is 0 Å². The van der Waals surface area contributed by atoms with Gasteiger partial charge in [-0.1, -0.05) is 127 Å². The van der Waals surface area contributed by atoms with E-state index in [2.05, 4.69) is 192 Å². The molecule has 0 saturated heterocycles. The van der Waals surface area contributed by atoms with Crippen LogP contribution in [0.15, 0.2) is 176 Å². The van der Waals surface area contributed by atoms with Crippen molar-refractivity contribution in [2.45, 2.75) is 0 Å². The zero-order valence-corrected chi connectivity index (χ0v) is 26.1. The van der Waals surface area contributed by atoms with Crippen LogP contribution in [0.4, 0.5) is 17.1 Å². The van der Waals surface area contributed by atoms with Crippen molar-refractivity contribution >= 4 is 60.4 Å². The third-order valence-corrected chi connectivity index (χ3v) is 9.58. The lowest BCUT2D eigenvalue weighted by molar-refractivity contribution is 1.01. The highest BCUT2D eigenvalue weighted by molar-refractivity contribution is 6.24. The molecule has 222 valence electrons. The van der Waals surface area contributed by atoms with E-state index in [1.165, 1.54) is 65.6 Å². The Hall–Kier alpha value is -6.12. The highest BCUT2D eigenvalue weighted by Crippen LogP contribution is 2.41. The maximum Gasteiger partial charge on any atom is 0.0495 e. The van der Waals surface area contributed by atoms with E-state index < -0.39 is 0 Å². The number of aryl methyl sites for hydroxylation is 1. The summed E-state index contributed by atoms with van der Waals surface area (Å²) in [7, 11) is 2.18. The fraction of sp³-hybridized carbons (Fsp3) is 0.0222. The topological polar surface area (TPSA) is 8.17 Å². The van der Waals surface area contributed by atoms with Gasteiger partial charge in [-0.15, -0.1) is 0 Å². The highest BCUT2D eigenvalue weighted by Gasteiger charge is 2.16. The summed E-state index contributed by atoms with van der Waals surface area (Å²) in [6.45, 7) is 0. The van der Waals surface area contributed by atoms with Crippen molar-refractivity contribution in [2.24, 2.45) is 7.05 Å². The van der Waals surface area contributed by atoms with Gasteiger partial charge < -0.3 is 9.47 Å². The molecule has 9 aromatic rings. The molecule has 0 fully saturated rings. The van der Waals surface area contributed by atoms with Crippen molar-refractivity contribution in [1.29, 1.82) is 0 Å². The number of fused-ring (bicyclic) bond motifs is 6. The molecule has 0 N–H and O–H groups in total. The first-order valence-corrected chi connectivity index (χ1v) is 16.2. The van der Waals surface area contributed by atoms with Crippen LogP contribution in [0.5, 0.6) is 0 Å². The van der Waals surface area contributed by atoms with Gasteiger partial charge in [0.25, 0.3) is 0 Å². The quantitative estimate of drug-likeness (QED) is 0.191. The van der Waals surface area contributed by atoms with Crippen LogP contribution in [0.3, 0.4) is 0 Å². The second-order valence-corrected chi connectivity index (χ2v) is 12.3. The summed E-state index contributed by atoms with van der Waals surface area (Å²) >= 11 is 0. The van der Waals surface area contributed by atoms with Gasteiger partial charge in [0.2, 0.25) is 0 Å². The van der Waals surface area contributed by atoms with Crippen LogP contribution in [0.2, 0.25) is 0 Å². The monoisotopic (exact) mass is 600 g/mol. The van der Waals surface area contributed by atoms with Crippen molar-refractivity contribution in [3.05, 3.63) is 176 Å². The van der Waals surface area contributed by atoms with Crippen molar-refractivity contribution < 1.29 is 0 Å². The number of para-hydroxylation sites is 1. The minimum Gasteiger partial charge on any atom is -0.344 e. The van der Waals surface area contributed by atoms with E-state index in [1.54, 1.807) is 0 Å². The van der Waals surface area contributed by atoms with E-state index in [9.17, 15) is 0 Å². The Kier molecular flexibility index (Phi) is 6.39. The van der Waals surface area contributed by atoms with Crippen LogP contribution in [0, 0.1) is 0 Å². The van der Waals surface area contributed by atoms with Gasteiger partial charge in [-0.05, 0) is 92.3 Å². The van der Waals surface area contributed by atoms with Crippen LogP contribution in [0.1, 0.15) is 0 Å². The molecule has 0 spiro atoms. The fourth-order valence-electron chi connectivity index (χ4n) is 7.24. The molecular weight excluding hydrogens is 569 g/mol. The number of nitrogens with zero attached hydrogens (tertiary/aromatic N) is 2. The minimum atomic E-state index is 1.13. The number of anilines is 3.